The molecule has 1 saturated heterocycles. The molecule has 2 aliphatic rings. The number of benzene rings is 1. The molecule has 0 bridgehead atoms. The molecule has 2 N–H and O–H groups in total. The van der Waals surface area contributed by atoms with E-state index >= 15 is 0 Å². The van der Waals surface area contributed by atoms with Gasteiger partial charge in [-0.3, -0.25) is 14.5 Å². The molecule has 1 aliphatic carbocycles. The standard InChI is InChI=1S/C20H27N3O3S/c1-3-10-23-19(25)15-9-8-13(11-16(15)22-20(23)27)18(24)21-12-14-6-4-5-7-17(14)26-2/h4-7,13,15-16H,3,8-12H2,1-2H3,(H,21,24)(H,22,27). The Morgan fingerprint density at radius 2 is 2.15 bits per heavy atom. The maximum absolute atomic E-state index is 12.7. The number of para-hydroxylation sites is 1. The zero-order valence-corrected chi connectivity index (χ0v) is 16.7. The highest BCUT2D eigenvalue weighted by atomic mass is 32.1. The Hall–Kier alpha value is -2.15. The largest absolute Gasteiger partial charge is 0.496 e. The average molecular weight is 390 g/mol. The molecule has 3 rings (SSSR count). The minimum absolute atomic E-state index is 0.0236. The van der Waals surface area contributed by atoms with E-state index in [9.17, 15) is 9.59 Å². The van der Waals surface area contributed by atoms with E-state index in [1.165, 1.54) is 0 Å². The van der Waals surface area contributed by atoms with Crippen LogP contribution < -0.4 is 15.4 Å². The number of nitrogens with zero attached hydrogens (tertiary/aromatic N) is 1. The first-order chi connectivity index (χ1) is 13.0. The van der Waals surface area contributed by atoms with E-state index in [0.717, 1.165) is 24.2 Å². The first-order valence-electron chi connectivity index (χ1n) is 9.56. The summed E-state index contributed by atoms with van der Waals surface area (Å²) in [6, 6.07) is 7.61. The minimum atomic E-state index is -0.109. The fourth-order valence-electron chi connectivity index (χ4n) is 4.01. The van der Waals surface area contributed by atoms with Crippen LogP contribution in [0.25, 0.3) is 0 Å². The molecule has 1 heterocycles. The van der Waals surface area contributed by atoms with Gasteiger partial charge in [-0.1, -0.05) is 25.1 Å². The van der Waals surface area contributed by atoms with Crippen LogP contribution in [0.5, 0.6) is 5.75 Å². The van der Waals surface area contributed by atoms with Gasteiger partial charge in [-0.15, -0.1) is 0 Å². The summed E-state index contributed by atoms with van der Waals surface area (Å²) < 4.78 is 5.33. The van der Waals surface area contributed by atoms with Gasteiger partial charge < -0.3 is 15.4 Å². The van der Waals surface area contributed by atoms with Gasteiger partial charge in [-0.25, -0.2) is 0 Å². The van der Waals surface area contributed by atoms with E-state index < -0.39 is 0 Å². The van der Waals surface area contributed by atoms with Crippen molar-refractivity contribution in [1.82, 2.24) is 15.5 Å². The minimum Gasteiger partial charge on any atom is -0.496 e. The summed E-state index contributed by atoms with van der Waals surface area (Å²) >= 11 is 5.36. The number of fused-ring (bicyclic) bond motifs is 1. The predicted molar refractivity (Wildman–Crippen MR) is 107 cm³/mol. The van der Waals surface area contributed by atoms with Crippen molar-refractivity contribution >= 4 is 29.1 Å². The second kappa shape index (κ2) is 8.69. The third-order valence-corrected chi connectivity index (χ3v) is 5.79. The zero-order valence-electron chi connectivity index (χ0n) is 15.9. The van der Waals surface area contributed by atoms with Gasteiger partial charge in [-0.2, -0.15) is 0 Å². The maximum atomic E-state index is 12.7. The molecular formula is C20H27N3O3S. The van der Waals surface area contributed by atoms with E-state index in [1.54, 1.807) is 12.0 Å². The fourth-order valence-corrected chi connectivity index (χ4v) is 4.34. The molecule has 7 heteroatoms. The summed E-state index contributed by atoms with van der Waals surface area (Å²) in [4.78, 5) is 27.0. The number of carbonyl (C=O) groups excluding carboxylic acids is 2. The molecule has 146 valence electrons. The molecular weight excluding hydrogens is 362 g/mol. The Morgan fingerprint density at radius 1 is 1.37 bits per heavy atom. The molecule has 6 nitrogen and oxygen atoms in total. The van der Waals surface area contributed by atoms with E-state index in [-0.39, 0.29) is 29.7 Å². The van der Waals surface area contributed by atoms with Gasteiger partial charge in [0.1, 0.15) is 5.75 Å². The van der Waals surface area contributed by atoms with Gasteiger partial charge in [0.15, 0.2) is 5.11 Å². The number of rotatable bonds is 6. The summed E-state index contributed by atoms with van der Waals surface area (Å²) in [6.45, 7) is 3.12. The Bertz CT molecular complexity index is 724. The Morgan fingerprint density at radius 3 is 2.89 bits per heavy atom. The Kier molecular flexibility index (Phi) is 6.31. The van der Waals surface area contributed by atoms with Crippen LogP contribution in [0.2, 0.25) is 0 Å². The summed E-state index contributed by atoms with van der Waals surface area (Å²) in [5.41, 5.74) is 0.949. The molecule has 0 spiro atoms. The molecule has 1 aromatic rings. The van der Waals surface area contributed by atoms with Crippen molar-refractivity contribution in [3.63, 3.8) is 0 Å². The molecule has 3 unspecified atom stereocenters. The van der Waals surface area contributed by atoms with Gasteiger partial charge in [0.2, 0.25) is 11.8 Å². The monoisotopic (exact) mass is 389 g/mol. The maximum Gasteiger partial charge on any atom is 0.233 e. The lowest BCUT2D eigenvalue weighted by Gasteiger charge is -2.43. The molecule has 1 aromatic carbocycles. The van der Waals surface area contributed by atoms with Crippen LogP contribution in [-0.4, -0.2) is 41.5 Å². The number of nitrogens with one attached hydrogen (secondary N) is 2. The van der Waals surface area contributed by atoms with Crippen molar-refractivity contribution in [3.8, 4) is 5.75 Å². The SMILES string of the molecule is CCCN1C(=O)C2CCC(C(=O)NCc3ccccc3OC)CC2NC1=S. The first-order valence-corrected chi connectivity index (χ1v) is 9.97. The Labute approximate surface area is 165 Å². The van der Waals surface area contributed by atoms with Crippen LogP contribution in [0.3, 0.4) is 0 Å². The lowest BCUT2D eigenvalue weighted by atomic mass is 9.76. The van der Waals surface area contributed by atoms with Crippen molar-refractivity contribution in [1.29, 1.82) is 0 Å². The molecule has 2 fully saturated rings. The second-order valence-electron chi connectivity index (χ2n) is 7.19. The highest BCUT2D eigenvalue weighted by Crippen LogP contribution is 2.33. The second-order valence-corrected chi connectivity index (χ2v) is 7.58. The van der Waals surface area contributed by atoms with Crippen LogP contribution in [0.15, 0.2) is 24.3 Å². The van der Waals surface area contributed by atoms with Gasteiger partial charge in [-0.05, 0) is 44.0 Å². The summed E-state index contributed by atoms with van der Waals surface area (Å²) in [6.07, 6.45) is 2.94. The van der Waals surface area contributed by atoms with Crippen LogP contribution >= 0.6 is 12.2 Å². The van der Waals surface area contributed by atoms with E-state index in [0.29, 0.717) is 31.0 Å². The molecule has 3 atom stereocenters. The molecule has 0 aromatic heterocycles. The van der Waals surface area contributed by atoms with Crippen LogP contribution in [0, 0.1) is 11.8 Å². The van der Waals surface area contributed by atoms with Crippen LogP contribution in [0.1, 0.15) is 38.2 Å². The summed E-state index contributed by atoms with van der Waals surface area (Å²) in [5.74, 6) is 0.708. The van der Waals surface area contributed by atoms with Crippen LogP contribution in [0.4, 0.5) is 0 Å². The smallest absolute Gasteiger partial charge is 0.233 e. The van der Waals surface area contributed by atoms with Crippen molar-refractivity contribution in [2.45, 2.75) is 45.2 Å². The average Bonchev–Trinajstić information content (AvgIpc) is 2.69. The van der Waals surface area contributed by atoms with E-state index in [4.69, 9.17) is 17.0 Å². The number of thiocarbonyl (C=S) groups is 1. The molecule has 1 saturated carbocycles. The van der Waals surface area contributed by atoms with Crippen molar-refractivity contribution in [2.24, 2.45) is 11.8 Å². The number of ether oxygens (including phenoxy) is 1. The van der Waals surface area contributed by atoms with Gasteiger partial charge in [0.25, 0.3) is 0 Å². The number of amides is 2. The van der Waals surface area contributed by atoms with E-state index in [2.05, 4.69) is 10.6 Å². The van der Waals surface area contributed by atoms with Crippen molar-refractivity contribution in [2.75, 3.05) is 13.7 Å². The Balaban J connectivity index is 1.58. The molecule has 0 radical (unpaired) electrons. The summed E-state index contributed by atoms with van der Waals surface area (Å²) in [5, 5.41) is 6.81. The third-order valence-electron chi connectivity index (χ3n) is 5.45. The topological polar surface area (TPSA) is 70.7 Å². The van der Waals surface area contributed by atoms with Gasteiger partial charge in [0.05, 0.1) is 13.0 Å². The number of hydrogen-bond donors (Lipinski definition) is 2. The number of hydrogen-bond acceptors (Lipinski definition) is 4. The van der Waals surface area contributed by atoms with E-state index in [1.807, 2.05) is 31.2 Å². The summed E-state index contributed by atoms with van der Waals surface area (Å²) in [7, 11) is 1.62. The first kappa shape index (κ1) is 19.6. The van der Waals surface area contributed by atoms with Crippen LogP contribution in [-0.2, 0) is 16.1 Å². The normalized spacial score (nSPS) is 24.8. The van der Waals surface area contributed by atoms with Crippen molar-refractivity contribution < 1.29 is 14.3 Å². The quantitative estimate of drug-likeness (QED) is 0.730. The lowest BCUT2D eigenvalue weighted by molar-refractivity contribution is -0.137. The number of methoxy groups -OCH3 is 1. The molecule has 1 aliphatic heterocycles. The predicted octanol–water partition coefficient (Wildman–Crippen LogP) is 2.22. The highest BCUT2D eigenvalue weighted by molar-refractivity contribution is 7.80. The molecule has 27 heavy (non-hydrogen) atoms. The van der Waals surface area contributed by atoms with Gasteiger partial charge in [0, 0.05) is 30.6 Å². The fraction of sp³-hybridized carbons (Fsp3) is 0.550. The lowest BCUT2D eigenvalue weighted by Crippen LogP contribution is -2.62. The molecule has 2 amide bonds. The zero-order chi connectivity index (χ0) is 19.4. The van der Waals surface area contributed by atoms with Crippen molar-refractivity contribution in [3.05, 3.63) is 29.8 Å². The third kappa shape index (κ3) is 4.24. The van der Waals surface area contributed by atoms with Gasteiger partial charge >= 0.3 is 0 Å². The number of carbonyl (C=O) groups is 2. The highest BCUT2D eigenvalue weighted by Gasteiger charge is 2.43.